The summed E-state index contributed by atoms with van der Waals surface area (Å²) >= 11 is 0. The first-order valence-corrected chi connectivity index (χ1v) is 6.54. The Kier molecular flexibility index (Phi) is 3.29. The van der Waals surface area contributed by atoms with E-state index in [1.54, 1.807) is 6.07 Å². The lowest BCUT2D eigenvalue weighted by Crippen LogP contribution is -2.19. The molecular formula is C14H16FN3O. The highest BCUT2D eigenvalue weighted by molar-refractivity contribution is 5.57. The molecule has 1 saturated carbocycles. The summed E-state index contributed by atoms with van der Waals surface area (Å²) in [5, 5.41) is 11.4. The van der Waals surface area contributed by atoms with E-state index < -0.39 is 0 Å². The minimum atomic E-state index is -0.255. The summed E-state index contributed by atoms with van der Waals surface area (Å²) in [6.07, 6.45) is 3.26. The van der Waals surface area contributed by atoms with Crippen LogP contribution in [0.2, 0.25) is 0 Å². The molecule has 0 radical (unpaired) electrons. The van der Waals surface area contributed by atoms with E-state index in [4.69, 9.17) is 4.42 Å². The highest BCUT2D eigenvalue weighted by atomic mass is 19.1. The smallest absolute Gasteiger partial charge is 0.248 e. The summed E-state index contributed by atoms with van der Waals surface area (Å²) < 4.78 is 18.6. The molecular weight excluding hydrogens is 245 g/mol. The topological polar surface area (TPSA) is 51.0 Å². The second-order valence-electron chi connectivity index (χ2n) is 4.94. The van der Waals surface area contributed by atoms with Gasteiger partial charge >= 0.3 is 0 Å². The molecule has 1 fully saturated rings. The molecule has 0 bridgehead atoms. The third-order valence-electron chi connectivity index (χ3n) is 3.23. The van der Waals surface area contributed by atoms with Gasteiger partial charge in [-0.3, -0.25) is 0 Å². The largest absolute Gasteiger partial charge is 0.421 e. The van der Waals surface area contributed by atoms with Crippen molar-refractivity contribution in [3.63, 3.8) is 0 Å². The predicted molar refractivity (Wildman–Crippen MR) is 69.2 cm³/mol. The van der Waals surface area contributed by atoms with Crippen LogP contribution in [0.3, 0.4) is 0 Å². The zero-order valence-electron chi connectivity index (χ0n) is 10.8. The molecule has 3 rings (SSSR count). The van der Waals surface area contributed by atoms with Crippen LogP contribution >= 0.6 is 0 Å². The van der Waals surface area contributed by atoms with E-state index in [2.05, 4.69) is 15.5 Å². The van der Waals surface area contributed by atoms with Gasteiger partial charge in [-0.2, -0.15) is 0 Å². The molecule has 0 spiro atoms. The molecule has 1 aliphatic carbocycles. The Morgan fingerprint density at radius 2 is 2.21 bits per heavy atom. The highest BCUT2D eigenvalue weighted by Crippen LogP contribution is 2.23. The van der Waals surface area contributed by atoms with Crippen LogP contribution in [0.15, 0.2) is 22.6 Å². The third kappa shape index (κ3) is 2.98. The van der Waals surface area contributed by atoms with Crippen molar-refractivity contribution in [2.75, 3.05) is 6.54 Å². The predicted octanol–water partition coefficient (Wildman–Crippen LogP) is 2.48. The van der Waals surface area contributed by atoms with Crippen LogP contribution in [0.25, 0.3) is 11.5 Å². The number of hydrogen-bond acceptors (Lipinski definition) is 4. The molecule has 1 aliphatic rings. The van der Waals surface area contributed by atoms with Crippen LogP contribution in [0.1, 0.15) is 24.3 Å². The third-order valence-corrected chi connectivity index (χ3v) is 3.23. The van der Waals surface area contributed by atoms with E-state index >= 15 is 0 Å². The van der Waals surface area contributed by atoms with Gasteiger partial charge in [0.15, 0.2) is 0 Å². The van der Waals surface area contributed by atoms with Crippen LogP contribution in [0.4, 0.5) is 4.39 Å². The van der Waals surface area contributed by atoms with Crippen molar-refractivity contribution in [1.29, 1.82) is 0 Å². The van der Waals surface area contributed by atoms with Gasteiger partial charge in [0.05, 0.1) is 0 Å². The normalized spacial score (nSPS) is 14.8. The zero-order valence-corrected chi connectivity index (χ0v) is 10.8. The van der Waals surface area contributed by atoms with Crippen molar-refractivity contribution in [3.05, 3.63) is 35.5 Å². The quantitative estimate of drug-likeness (QED) is 0.898. The van der Waals surface area contributed by atoms with Gasteiger partial charge in [0.25, 0.3) is 0 Å². The van der Waals surface area contributed by atoms with Crippen molar-refractivity contribution in [3.8, 4) is 11.5 Å². The number of benzene rings is 1. The summed E-state index contributed by atoms with van der Waals surface area (Å²) in [6, 6.07) is 5.22. The Labute approximate surface area is 111 Å². The molecule has 4 nitrogen and oxygen atoms in total. The number of nitrogens with one attached hydrogen (secondary N) is 1. The van der Waals surface area contributed by atoms with Gasteiger partial charge in [-0.1, -0.05) is 0 Å². The number of aryl methyl sites for hydroxylation is 1. The molecule has 100 valence electrons. The molecule has 0 atom stereocenters. The van der Waals surface area contributed by atoms with Crippen molar-refractivity contribution in [1.82, 2.24) is 15.5 Å². The van der Waals surface area contributed by atoms with Gasteiger partial charge in [-0.15, -0.1) is 10.2 Å². The molecule has 0 aliphatic heterocycles. The van der Waals surface area contributed by atoms with E-state index in [9.17, 15) is 4.39 Å². The van der Waals surface area contributed by atoms with Crippen LogP contribution in [0, 0.1) is 12.7 Å². The first-order valence-electron chi connectivity index (χ1n) is 6.54. The maximum atomic E-state index is 13.0. The minimum absolute atomic E-state index is 0.255. The lowest BCUT2D eigenvalue weighted by atomic mass is 10.1. The lowest BCUT2D eigenvalue weighted by Gasteiger charge is -2.00. The van der Waals surface area contributed by atoms with E-state index in [-0.39, 0.29) is 5.82 Å². The van der Waals surface area contributed by atoms with Gasteiger partial charge in [-0.25, -0.2) is 4.39 Å². The molecule has 19 heavy (non-hydrogen) atoms. The number of rotatable bonds is 5. The minimum Gasteiger partial charge on any atom is -0.421 e. The van der Waals surface area contributed by atoms with E-state index in [0.29, 0.717) is 17.8 Å². The van der Waals surface area contributed by atoms with Gasteiger partial charge < -0.3 is 9.73 Å². The molecule has 0 amide bonds. The van der Waals surface area contributed by atoms with Crippen LogP contribution < -0.4 is 5.32 Å². The summed E-state index contributed by atoms with van der Waals surface area (Å²) in [7, 11) is 0. The summed E-state index contributed by atoms with van der Waals surface area (Å²) in [5.74, 6) is 0.820. The van der Waals surface area contributed by atoms with Crippen LogP contribution in [0.5, 0.6) is 0 Å². The van der Waals surface area contributed by atoms with Crippen molar-refractivity contribution in [2.24, 2.45) is 0 Å². The number of nitrogens with zero attached hydrogens (tertiary/aromatic N) is 2. The summed E-state index contributed by atoms with van der Waals surface area (Å²) in [4.78, 5) is 0. The van der Waals surface area contributed by atoms with Gasteiger partial charge in [0.2, 0.25) is 11.8 Å². The maximum absolute atomic E-state index is 13.0. The average molecular weight is 261 g/mol. The van der Waals surface area contributed by atoms with E-state index in [1.165, 1.54) is 25.0 Å². The van der Waals surface area contributed by atoms with Crippen molar-refractivity contribution < 1.29 is 8.81 Å². The second-order valence-corrected chi connectivity index (χ2v) is 4.94. The van der Waals surface area contributed by atoms with Gasteiger partial charge in [0.1, 0.15) is 5.82 Å². The second kappa shape index (κ2) is 5.09. The Balaban J connectivity index is 1.68. The SMILES string of the molecule is Cc1cc(F)ccc1-c1nnc(CCNC2CC2)o1. The summed E-state index contributed by atoms with van der Waals surface area (Å²) in [6.45, 7) is 2.69. The zero-order chi connectivity index (χ0) is 13.2. The Bertz CT molecular complexity index is 578. The standard InChI is InChI=1S/C14H16FN3O/c1-9-8-10(15)2-5-12(9)14-18-17-13(19-14)6-7-16-11-3-4-11/h2,5,8,11,16H,3-4,6-7H2,1H3. The Morgan fingerprint density at radius 3 is 2.95 bits per heavy atom. The molecule has 1 aromatic carbocycles. The monoisotopic (exact) mass is 261 g/mol. The Morgan fingerprint density at radius 1 is 1.37 bits per heavy atom. The lowest BCUT2D eigenvalue weighted by molar-refractivity contribution is 0.493. The van der Waals surface area contributed by atoms with Crippen molar-refractivity contribution >= 4 is 0 Å². The molecule has 1 heterocycles. The molecule has 5 heteroatoms. The summed E-state index contributed by atoms with van der Waals surface area (Å²) in [5.41, 5.74) is 1.58. The van der Waals surface area contributed by atoms with Gasteiger partial charge in [-0.05, 0) is 43.5 Å². The first-order chi connectivity index (χ1) is 9.22. The number of halogens is 1. The molecule has 2 aromatic rings. The van der Waals surface area contributed by atoms with E-state index in [1.807, 2.05) is 6.92 Å². The van der Waals surface area contributed by atoms with Crippen LogP contribution in [-0.4, -0.2) is 22.8 Å². The Hall–Kier alpha value is -1.75. The molecule has 1 N–H and O–H groups in total. The molecule has 0 unspecified atom stereocenters. The molecule has 1 aromatic heterocycles. The maximum Gasteiger partial charge on any atom is 0.248 e. The first kappa shape index (κ1) is 12.3. The number of aromatic nitrogens is 2. The van der Waals surface area contributed by atoms with Gasteiger partial charge in [0, 0.05) is 24.6 Å². The fraction of sp³-hybridized carbons (Fsp3) is 0.429. The average Bonchev–Trinajstić information content (AvgIpc) is 3.07. The van der Waals surface area contributed by atoms with Crippen LogP contribution in [-0.2, 0) is 6.42 Å². The fourth-order valence-corrected chi connectivity index (χ4v) is 2.00. The van der Waals surface area contributed by atoms with Crippen molar-refractivity contribution in [2.45, 2.75) is 32.2 Å². The molecule has 0 saturated heterocycles. The fourth-order valence-electron chi connectivity index (χ4n) is 2.00. The van der Waals surface area contributed by atoms with E-state index in [0.717, 1.165) is 24.1 Å². The number of hydrogen-bond donors (Lipinski definition) is 1. The highest BCUT2D eigenvalue weighted by Gasteiger charge is 2.20.